The van der Waals surface area contributed by atoms with Gasteiger partial charge in [-0.3, -0.25) is 4.79 Å². The highest BCUT2D eigenvalue weighted by molar-refractivity contribution is 5.30. The second-order valence-corrected chi connectivity index (χ2v) is 5.55. The van der Waals surface area contributed by atoms with E-state index in [4.69, 9.17) is 10.5 Å². The lowest BCUT2D eigenvalue weighted by molar-refractivity contribution is 0.318. The quantitative estimate of drug-likeness (QED) is 0.820. The van der Waals surface area contributed by atoms with E-state index >= 15 is 0 Å². The first-order valence-electron chi connectivity index (χ1n) is 7.60. The molecule has 3 N–H and O–H groups in total. The lowest BCUT2D eigenvalue weighted by Gasteiger charge is -2.10. The molecule has 0 amide bonds. The number of aromatic amines is 1. The molecule has 0 aliphatic heterocycles. The van der Waals surface area contributed by atoms with Crippen molar-refractivity contribution in [3.8, 4) is 5.75 Å². The average Bonchev–Trinajstić information content (AvgIpc) is 2.47. The topological polar surface area (TPSA) is 81.0 Å². The van der Waals surface area contributed by atoms with E-state index in [0.717, 1.165) is 11.4 Å². The summed E-state index contributed by atoms with van der Waals surface area (Å²) < 4.78 is 5.75. The van der Waals surface area contributed by atoms with E-state index in [2.05, 4.69) is 29.9 Å². The van der Waals surface area contributed by atoms with E-state index in [1.807, 2.05) is 18.2 Å². The molecule has 118 valence electrons. The molecule has 22 heavy (non-hydrogen) atoms. The number of rotatable bonds is 7. The van der Waals surface area contributed by atoms with E-state index in [1.165, 1.54) is 11.6 Å². The summed E-state index contributed by atoms with van der Waals surface area (Å²) in [7, 11) is 0. The van der Waals surface area contributed by atoms with Gasteiger partial charge in [-0.15, -0.1) is 0 Å². The van der Waals surface area contributed by atoms with Crippen molar-refractivity contribution in [3.63, 3.8) is 0 Å². The maximum absolute atomic E-state index is 11.6. The Bertz CT molecular complexity index is 665. The van der Waals surface area contributed by atoms with Gasteiger partial charge in [0.1, 0.15) is 11.6 Å². The Morgan fingerprint density at radius 2 is 2.09 bits per heavy atom. The van der Waals surface area contributed by atoms with Gasteiger partial charge in [0.25, 0.3) is 5.56 Å². The molecule has 0 unspecified atom stereocenters. The van der Waals surface area contributed by atoms with Crippen LogP contribution >= 0.6 is 0 Å². The van der Waals surface area contributed by atoms with E-state index < -0.39 is 0 Å². The zero-order chi connectivity index (χ0) is 15.9. The minimum absolute atomic E-state index is 0.143. The fourth-order valence-corrected chi connectivity index (χ4v) is 2.19. The Kier molecular flexibility index (Phi) is 5.72. The summed E-state index contributed by atoms with van der Waals surface area (Å²) in [6.07, 6.45) is 1.16. The van der Waals surface area contributed by atoms with Crippen LogP contribution in [0, 0.1) is 0 Å². The molecule has 1 aromatic carbocycles. The van der Waals surface area contributed by atoms with Crippen LogP contribution in [0.5, 0.6) is 5.75 Å². The molecule has 0 radical (unpaired) electrons. The van der Waals surface area contributed by atoms with Crippen LogP contribution in [0.4, 0.5) is 0 Å². The van der Waals surface area contributed by atoms with Crippen LogP contribution < -0.4 is 16.0 Å². The Labute approximate surface area is 130 Å². The van der Waals surface area contributed by atoms with Crippen LogP contribution in [0.3, 0.4) is 0 Å². The highest BCUT2D eigenvalue weighted by Crippen LogP contribution is 2.20. The summed E-state index contributed by atoms with van der Waals surface area (Å²) in [5.41, 5.74) is 7.32. The third-order valence-corrected chi connectivity index (χ3v) is 3.38. The average molecular weight is 301 g/mol. The van der Waals surface area contributed by atoms with Gasteiger partial charge < -0.3 is 15.5 Å². The van der Waals surface area contributed by atoms with Crippen molar-refractivity contribution >= 4 is 0 Å². The summed E-state index contributed by atoms with van der Waals surface area (Å²) in [6, 6.07) is 9.56. The zero-order valence-corrected chi connectivity index (χ0v) is 13.1. The molecule has 5 nitrogen and oxygen atoms in total. The second-order valence-electron chi connectivity index (χ2n) is 5.55. The zero-order valence-electron chi connectivity index (χ0n) is 13.1. The molecule has 0 spiro atoms. The van der Waals surface area contributed by atoms with E-state index in [9.17, 15) is 4.79 Å². The summed E-state index contributed by atoms with van der Waals surface area (Å²) in [5.74, 6) is 1.94. The molecule has 0 saturated carbocycles. The Morgan fingerprint density at radius 1 is 1.27 bits per heavy atom. The van der Waals surface area contributed by atoms with Gasteiger partial charge in [-0.1, -0.05) is 26.0 Å². The molecule has 5 heteroatoms. The lowest BCUT2D eigenvalue weighted by Crippen LogP contribution is -2.17. The van der Waals surface area contributed by atoms with Crippen LogP contribution in [0.1, 0.15) is 36.8 Å². The van der Waals surface area contributed by atoms with Gasteiger partial charge in [-0.2, -0.15) is 0 Å². The Hall–Kier alpha value is -2.14. The molecular formula is C17H23N3O2. The molecular weight excluding hydrogens is 278 g/mol. The molecule has 1 heterocycles. The summed E-state index contributed by atoms with van der Waals surface area (Å²) >= 11 is 0. The lowest BCUT2D eigenvalue weighted by atomic mass is 10.0. The normalized spacial score (nSPS) is 10.9. The SMILES string of the molecule is CC(C)c1cccc(OCCc2nc(CCN)cc(=O)[nH]2)c1. The Morgan fingerprint density at radius 3 is 2.82 bits per heavy atom. The van der Waals surface area contributed by atoms with Gasteiger partial charge in [-0.05, 0) is 30.2 Å². The van der Waals surface area contributed by atoms with Crippen molar-refractivity contribution in [2.24, 2.45) is 5.73 Å². The van der Waals surface area contributed by atoms with Gasteiger partial charge in [0.2, 0.25) is 0 Å². The van der Waals surface area contributed by atoms with Crippen molar-refractivity contribution in [1.82, 2.24) is 9.97 Å². The first-order valence-corrected chi connectivity index (χ1v) is 7.60. The summed E-state index contributed by atoms with van der Waals surface area (Å²) in [4.78, 5) is 18.7. The monoisotopic (exact) mass is 301 g/mol. The van der Waals surface area contributed by atoms with E-state index in [0.29, 0.717) is 37.7 Å². The third-order valence-electron chi connectivity index (χ3n) is 3.38. The van der Waals surface area contributed by atoms with Crippen molar-refractivity contribution < 1.29 is 4.74 Å². The van der Waals surface area contributed by atoms with Crippen LogP contribution in [-0.2, 0) is 12.8 Å². The maximum atomic E-state index is 11.6. The van der Waals surface area contributed by atoms with E-state index in [1.54, 1.807) is 0 Å². The number of aromatic nitrogens is 2. The van der Waals surface area contributed by atoms with Gasteiger partial charge in [0, 0.05) is 24.6 Å². The van der Waals surface area contributed by atoms with Crippen molar-refractivity contribution in [3.05, 3.63) is 57.8 Å². The number of hydrogen-bond acceptors (Lipinski definition) is 4. The molecule has 0 aliphatic rings. The van der Waals surface area contributed by atoms with Crippen LogP contribution in [-0.4, -0.2) is 23.1 Å². The standard InChI is InChI=1S/C17H23N3O2/c1-12(2)13-4-3-5-15(10-13)22-9-7-16-19-14(6-8-18)11-17(21)20-16/h3-5,10-12H,6-9,18H2,1-2H3,(H,19,20,21). The number of nitrogens with one attached hydrogen (secondary N) is 1. The third kappa shape index (κ3) is 4.70. The first-order chi connectivity index (χ1) is 10.6. The van der Waals surface area contributed by atoms with Crippen molar-refractivity contribution in [1.29, 1.82) is 0 Å². The van der Waals surface area contributed by atoms with Crippen LogP contribution in [0.2, 0.25) is 0 Å². The summed E-state index contributed by atoms with van der Waals surface area (Å²) in [5, 5.41) is 0. The fourth-order valence-electron chi connectivity index (χ4n) is 2.19. The number of hydrogen-bond donors (Lipinski definition) is 2. The highest BCUT2D eigenvalue weighted by Gasteiger charge is 2.04. The van der Waals surface area contributed by atoms with Crippen LogP contribution in [0.25, 0.3) is 0 Å². The van der Waals surface area contributed by atoms with Gasteiger partial charge in [-0.25, -0.2) is 4.98 Å². The second kappa shape index (κ2) is 7.75. The predicted octanol–water partition coefficient (Wildman–Crippen LogP) is 2.02. The van der Waals surface area contributed by atoms with E-state index in [-0.39, 0.29) is 5.56 Å². The number of benzene rings is 1. The number of nitrogens with zero attached hydrogens (tertiary/aromatic N) is 1. The smallest absolute Gasteiger partial charge is 0.251 e. The minimum atomic E-state index is -0.143. The molecule has 0 fully saturated rings. The van der Waals surface area contributed by atoms with Gasteiger partial charge in [0.05, 0.1) is 6.61 Å². The van der Waals surface area contributed by atoms with Gasteiger partial charge in [0.15, 0.2) is 0 Å². The molecule has 0 aliphatic carbocycles. The Balaban J connectivity index is 1.96. The number of ether oxygens (including phenoxy) is 1. The highest BCUT2D eigenvalue weighted by atomic mass is 16.5. The largest absolute Gasteiger partial charge is 0.493 e. The first kappa shape index (κ1) is 16.2. The van der Waals surface area contributed by atoms with Crippen molar-refractivity contribution in [2.45, 2.75) is 32.6 Å². The van der Waals surface area contributed by atoms with Crippen molar-refractivity contribution in [2.75, 3.05) is 13.2 Å². The maximum Gasteiger partial charge on any atom is 0.251 e. The minimum Gasteiger partial charge on any atom is -0.493 e. The molecule has 0 bridgehead atoms. The number of H-pyrrole nitrogens is 1. The fraction of sp³-hybridized carbons (Fsp3) is 0.412. The summed E-state index contributed by atoms with van der Waals surface area (Å²) in [6.45, 7) is 5.25. The molecule has 1 aromatic heterocycles. The van der Waals surface area contributed by atoms with Gasteiger partial charge >= 0.3 is 0 Å². The predicted molar refractivity (Wildman–Crippen MR) is 87.3 cm³/mol. The molecule has 2 rings (SSSR count). The molecule has 2 aromatic rings. The molecule has 0 atom stereocenters. The molecule has 0 saturated heterocycles. The number of nitrogens with two attached hydrogens (primary N) is 1. The van der Waals surface area contributed by atoms with Crippen LogP contribution in [0.15, 0.2) is 35.1 Å².